The van der Waals surface area contributed by atoms with Crippen molar-refractivity contribution >= 4 is 40.8 Å². The standard InChI is InChI=1S/C19H24ClN3O.ClH/c1-23-10-7-13-14-11-12(20)5-6-15(14)22-16(13)17(23)19(18(21)24)8-3-2-4-9-19;/h5-6,11,17,22H,2-4,7-10H2,1H3,(H2,21,24);1H. The predicted molar refractivity (Wildman–Crippen MR) is 104 cm³/mol. The minimum Gasteiger partial charge on any atom is -0.369 e. The summed E-state index contributed by atoms with van der Waals surface area (Å²) in [4.78, 5) is 18.5. The Balaban J connectivity index is 0.00000182. The van der Waals surface area contributed by atoms with Gasteiger partial charge >= 0.3 is 0 Å². The highest BCUT2D eigenvalue weighted by Gasteiger charge is 2.49. The van der Waals surface area contributed by atoms with Crippen molar-refractivity contribution in [3.63, 3.8) is 0 Å². The zero-order valence-corrected chi connectivity index (χ0v) is 16.1. The summed E-state index contributed by atoms with van der Waals surface area (Å²) in [5, 5.41) is 1.94. The minimum atomic E-state index is -0.465. The lowest BCUT2D eigenvalue weighted by Crippen LogP contribution is -2.51. The maximum Gasteiger partial charge on any atom is 0.225 e. The molecule has 0 radical (unpaired) electrons. The van der Waals surface area contributed by atoms with Crippen LogP contribution in [0.25, 0.3) is 10.9 Å². The van der Waals surface area contributed by atoms with E-state index in [2.05, 4.69) is 16.9 Å². The first kappa shape index (κ1) is 18.6. The second kappa shape index (κ2) is 6.82. The van der Waals surface area contributed by atoms with E-state index in [-0.39, 0.29) is 24.4 Å². The Kier molecular flexibility index (Phi) is 5.06. The third-order valence-corrected chi connectivity index (χ3v) is 6.32. The number of fused-ring (bicyclic) bond motifs is 3. The number of halogens is 2. The van der Waals surface area contributed by atoms with Gasteiger partial charge in [0.25, 0.3) is 0 Å². The van der Waals surface area contributed by atoms with E-state index in [1.807, 2.05) is 18.2 Å². The Labute approximate surface area is 159 Å². The van der Waals surface area contributed by atoms with Gasteiger partial charge in [-0.3, -0.25) is 9.69 Å². The number of primary amides is 1. The number of carbonyl (C=O) groups is 1. The normalized spacial score (nSPS) is 23.0. The van der Waals surface area contributed by atoms with Crippen LogP contribution in [0, 0.1) is 5.41 Å². The molecule has 1 fully saturated rings. The Morgan fingerprint density at radius 3 is 2.72 bits per heavy atom. The minimum absolute atomic E-state index is 0. The fourth-order valence-corrected chi connectivity index (χ4v) is 5.09. The van der Waals surface area contributed by atoms with Crippen LogP contribution in [-0.4, -0.2) is 29.4 Å². The van der Waals surface area contributed by atoms with Crippen molar-refractivity contribution < 1.29 is 4.79 Å². The number of hydrogen-bond donors (Lipinski definition) is 2. The monoisotopic (exact) mass is 381 g/mol. The molecule has 1 unspecified atom stereocenters. The Bertz CT molecular complexity index is 795. The molecular weight excluding hydrogens is 357 g/mol. The molecule has 1 amide bonds. The summed E-state index contributed by atoms with van der Waals surface area (Å²) in [6, 6.07) is 6.01. The number of benzene rings is 1. The summed E-state index contributed by atoms with van der Waals surface area (Å²) >= 11 is 6.21. The number of rotatable bonds is 2. The number of nitrogens with one attached hydrogen (secondary N) is 1. The van der Waals surface area contributed by atoms with Crippen molar-refractivity contribution in [1.82, 2.24) is 9.88 Å². The lowest BCUT2D eigenvalue weighted by Gasteiger charge is -2.47. The molecule has 1 aromatic carbocycles. The summed E-state index contributed by atoms with van der Waals surface area (Å²) in [5.41, 5.74) is 9.08. The highest BCUT2D eigenvalue weighted by molar-refractivity contribution is 6.31. The molecule has 2 aliphatic rings. The Hall–Kier alpha value is -1.23. The fraction of sp³-hybridized carbons (Fsp3) is 0.526. The molecule has 3 N–H and O–H groups in total. The van der Waals surface area contributed by atoms with Gasteiger partial charge in [0.05, 0.1) is 11.5 Å². The SMILES string of the molecule is CN1CCc2c([nH]c3ccc(Cl)cc23)C1C1(C(N)=O)CCCCC1.Cl. The topological polar surface area (TPSA) is 62.1 Å². The van der Waals surface area contributed by atoms with Crippen LogP contribution in [-0.2, 0) is 11.2 Å². The Morgan fingerprint density at radius 1 is 1.32 bits per heavy atom. The first-order valence-corrected chi connectivity index (χ1v) is 9.21. The fourth-order valence-electron chi connectivity index (χ4n) is 4.92. The Morgan fingerprint density at radius 2 is 2.04 bits per heavy atom. The van der Waals surface area contributed by atoms with Crippen molar-refractivity contribution in [2.75, 3.05) is 13.6 Å². The lowest BCUT2D eigenvalue weighted by atomic mass is 9.66. The molecule has 25 heavy (non-hydrogen) atoms. The van der Waals surface area contributed by atoms with Gasteiger partial charge in [0.15, 0.2) is 0 Å². The summed E-state index contributed by atoms with van der Waals surface area (Å²) in [6.45, 7) is 0.937. The van der Waals surface area contributed by atoms with Gasteiger partial charge in [0, 0.05) is 28.2 Å². The zero-order chi connectivity index (χ0) is 16.9. The maximum atomic E-state index is 12.6. The van der Waals surface area contributed by atoms with E-state index >= 15 is 0 Å². The van der Waals surface area contributed by atoms with Crippen LogP contribution in [0.15, 0.2) is 18.2 Å². The average Bonchev–Trinajstić information content (AvgIpc) is 2.92. The van der Waals surface area contributed by atoms with Crippen LogP contribution in [0.5, 0.6) is 0 Å². The second-order valence-corrected chi connectivity index (χ2v) is 7.86. The second-order valence-electron chi connectivity index (χ2n) is 7.42. The first-order chi connectivity index (χ1) is 11.5. The zero-order valence-electron chi connectivity index (χ0n) is 14.5. The molecule has 1 saturated carbocycles. The van der Waals surface area contributed by atoms with Crippen LogP contribution in [0.2, 0.25) is 5.02 Å². The molecular formula is C19H25Cl2N3O. The number of aromatic nitrogens is 1. The van der Waals surface area contributed by atoms with E-state index in [1.54, 1.807) is 0 Å². The number of hydrogen-bond acceptors (Lipinski definition) is 2. The van der Waals surface area contributed by atoms with E-state index < -0.39 is 5.41 Å². The number of aromatic amines is 1. The molecule has 0 spiro atoms. The number of H-pyrrole nitrogens is 1. The van der Waals surface area contributed by atoms with Crippen molar-refractivity contribution in [3.05, 3.63) is 34.5 Å². The summed E-state index contributed by atoms with van der Waals surface area (Å²) < 4.78 is 0. The summed E-state index contributed by atoms with van der Waals surface area (Å²) in [7, 11) is 2.12. The van der Waals surface area contributed by atoms with Crippen LogP contribution in [0.3, 0.4) is 0 Å². The number of likely N-dealkylation sites (N-methyl/N-ethyl adjacent to an activating group) is 1. The first-order valence-electron chi connectivity index (χ1n) is 8.83. The largest absolute Gasteiger partial charge is 0.369 e. The van der Waals surface area contributed by atoms with Gasteiger partial charge in [-0.25, -0.2) is 0 Å². The highest BCUT2D eigenvalue weighted by atomic mass is 35.5. The van der Waals surface area contributed by atoms with Gasteiger partial charge < -0.3 is 10.7 Å². The molecule has 1 aromatic heterocycles. The van der Waals surface area contributed by atoms with E-state index in [0.29, 0.717) is 0 Å². The van der Waals surface area contributed by atoms with Crippen LogP contribution in [0.1, 0.15) is 49.4 Å². The molecule has 4 nitrogen and oxygen atoms in total. The molecule has 2 aromatic rings. The number of amides is 1. The van der Waals surface area contributed by atoms with Crippen molar-refractivity contribution in [2.45, 2.75) is 44.6 Å². The molecule has 1 aliphatic heterocycles. The molecule has 2 heterocycles. The predicted octanol–water partition coefficient (Wildman–Crippen LogP) is 4.21. The van der Waals surface area contributed by atoms with E-state index in [1.165, 1.54) is 23.1 Å². The third kappa shape index (κ3) is 2.84. The van der Waals surface area contributed by atoms with Crippen LogP contribution < -0.4 is 5.73 Å². The number of carbonyl (C=O) groups excluding carboxylic acids is 1. The van der Waals surface area contributed by atoms with Crippen LogP contribution in [0.4, 0.5) is 0 Å². The maximum absolute atomic E-state index is 12.6. The molecule has 0 bridgehead atoms. The van der Waals surface area contributed by atoms with Crippen LogP contribution >= 0.6 is 24.0 Å². The van der Waals surface area contributed by atoms with Crippen molar-refractivity contribution in [2.24, 2.45) is 11.1 Å². The van der Waals surface area contributed by atoms with Crippen molar-refractivity contribution in [3.8, 4) is 0 Å². The average molecular weight is 382 g/mol. The van der Waals surface area contributed by atoms with Crippen molar-refractivity contribution in [1.29, 1.82) is 0 Å². The third-order valence-electron chi connectivity index (χ3n) is 6.09. The van der Waals surface area contributed by atoms with Gasteiger partial charge in [-0.15, -0.1) is 12.4 Å². The lowest BCUT2D eigenvalue weighted by molar-refractivity contribution is -0.135. The van der Waals surface area contributed by atoms with Gasteiger partial charge in [0.1, 0.15) is 0 Å². The molecule has 6 heteroatoms. The number of nitrogens with zero attached hydrogens (tertiary/aromatic N) is 1. The quantitative estimate of drug-likeness (QED) is 0.818. The van der Waals surface area contributed by atoms with Gasteiger partial charge in [-0.05, 0) is 50.1 Å². The molecule has 1 atom stereocenters. The van der Waals surface area contributed by atoms with E-state index in [9.17, 15) is 4.79 Å². The van der Waals surface area contributed by atoms with Gasteiger partial charge in [0.2, 0.25) is 5.91 Å². The molecule has 4 rings (SSSR count). The van der Waals surface area contributed by atoms with E-state index in [0.717, 1.165) is 49.2 Å². The molecule has 0 saturated heterocycles. The molecule has 136 valence electrons. The smallest absolute Gasteiger partial charge is 0.225 e. The van der Waals surface area contributed by atoms with E-state index in [4.69, 9.17) is 17.3 Å². The van der Waals surface area contributed by atoms with Gasteiger partial charge in [-0.2, -0.15) is 0 Å². The number of nitrogens with two attached hydrogens (primary N) is 1. The summed E-state index contributed by atoms with van der Waals surface area (Å²) in [6.07, 6.45) is 6.08. The highest BCUT2D eigenvalue weighted by Crippen LogP contribution is 2.51. The summed E-state index contributed by atoms with van der Waals surface area (Å²) in [5.74, 6) is -0.149. The molecule has 1 aliphatic carbocycles. The van der Waals surface area contributed by atoms with Gasteiger partial charge in [-0.1, -0.05) is 30.9 Å².